The number of aliphatic hydroxyl groups excluding tert-OH is 1. The molecular formula is C31H31FN8O3S. The van der Waals surface area contributed by atoms with Gasteiger partial charge in [-0.25, -0.2) is 17.5 Å². The van der Waals surface area contributed by atoms with Crippen LogP contribution in [0.3, 0.4) is 0 Å². The molecule has 1 atom stereocenters. The van der Waals surface area contributed by atoms with Gasteiger partial charge in [-0.3, -0.25) is 20.1 Å². The van der Waals surface area contributed by atoms with Gasteiger partial charge < -0.3 is 15.4 Å². The minimum absolute atomic E-state index is 0.0328. The van der Waals surface area contributed by atoms with Crippen LogP contribution in [-0.2, 0) is 16.6 Å². The van der Waals surface area contributed by atoms with Crippen molar-refractivity contribution in [2.75, 3.05) is 11.6 Å². The lowest BCUT2D eigenvalue weighted by atomic mass is 10.0. The van der Waals surface area contributed by atoms with Gasteiger partial charge in [0.15, 0.2) is 0 Å². The Morgan fingerprint density at radius 2 is 1.80 bits per heavy atom. The number of hydrogen-bond donors (Lipinski definition) is 5. The summed E-state index contributed by atoms with van der Waals surface area (Å²) in [6.07, 6.45) is 11.4. The molecule has 0 radical (unpaired) electrons. The quantitative estimate of drug-likeness (QED) is 0.122. The molecule has 5 heterocycles. The van der Waals surface area contributed by atoms with Crippen molar-refractivity contribution in [2.24, 2.45) is 0 Å². The zero-order chi connectivity index (χ0) is 30.8. The topological polar surface area (TPSA) is 162 Å². The molecule has 0 saturated carbocycles. The van der Waals surface area contributed by atoms with Gasteiger partial charge >= 0.3 is 0 Å². The van der Waals surface area contributed by atoms with E-state index in [-0.39, 0.29) is 6.54 Å². The number of halogens is 1. The molecule has 44 heavy (non-hydrogen) atoms. The summed E-state index contributed by atoms with van der Waals surface area (Å²) >= 11 is 0. The predicted octanol–water partition coefficient (Wildman–Crippen LogP) is 5.34. The van der Waals surface area contributed by atoms with Crippen molar-refractivity contribution < 1.29 is 17.9 Å². The van der Waals surface area contributed by atoms with Crippen molar-refractivity contribution in [3.63, 3.8) is 0 Å². The molecule has 226 valence electrons. The molecule has 0 aliphatic rings. The number of aromatic amines is 2. The highest BCUT2D eigenvalue weighted by molar-refractivity contribution is 7.88. The maximum Gasteiger partial charge on any atom is 0.209 e. The number of H-pyrrole nitrogens is 2. The van der Waals surface area contributed by atoms with Gasteiger partial charge in [0.2, 0.25) is 10.0 Å². The highest BCUT2D eigenvalue weighted by Gasteiger charge is 2.16. The minimum Gasteiger partial charge on any atom is -0.374 e. The zero-order valence-electron chi connectivity index (χ0n) is 24.1. The average Bonchev–Trinajstić information content (AvgIpc) is 3.62. The molecule has 5 N–H and O–H groups in total. The van der Waals surface area contributed by atoms with Crippen molar-refractivity contribution in [1.82, 2.24) is 34.9 Å². The minimum atomic E-state index is -3.44. The van der Waals surface area contributed by atoms with Crippen LogP contribution in [0.4, 0.5) is 10.1 Å². The van der Waals surface area contributed by atoms with Crippen LogP contribution < -0.4 is 10.0 Å². The van der Waals surface area contributed by atoms with Gasteiger partial charge in [0.1, 0.15) is 17.7 Å². The number of nitrogens with one attached hydrogen (secondary N) is 4. The number of nitrogens with zero attached hydrogens (tertiary/aromatic N) is 4. The van der Waals surface area contributed by atoms with Gasteiger partial charge in [0.05, 0.1) is 53.0 Å². The molecule has 0 aliphatic carbocycles. The van der Waals surface area contributed by atoms with E-state index in [4.69, 9.17) is 0 Å². The van der Waals surface area contributed by atoms with Crippen LogP contribution >= 0.6 is 0 Å². The van der Waals surface area contributed by atoms with E-state index in [9.17, 15) is 17.9 Å². The number of pyridine rings is 3. The highest BCUT2D eigenvalue weighted by atomic mass is 32.2. The third-order valence-corrected chi connectivity index (χ3v) is 7.92. The molecule has 1 unspecified atom stereocenters. The summed E-state index contributed by atoms with van der Waals surface area (Å²) in [5.41, 5.74) is 6.76. The van der Waals surface area contributed by atoms with Gasteiger partial charge in [-0.05, 0) is 60.4 Å². The van der Waals surface area contributed by atoms with Crippen LogP contribution in [0, 0.1) is 5.82 Å². The molecule has 0 bridgehead atoms. The fraction of sp³-hybridized carbons (Fsp3) is 0.226. The van der Waals surface area contributed by atoms with E-state index in [2.05, 4.69) is 47.1 Å². The third-order valence-electron chi connectivity index (χ3n) is 7.25. The second kappa shape index (κ2) is 12.1. The van der Waals surface area contributed by atoms with Crippen LogP contribution in [0.15, 0.2) is 67.4 Å². The molecular weight excluding hydrogens is 583 g/mol. The second-order valence-electron chi connectivity index (χ2n) is 10.7. The van der Waals surface area contributed by atoms with Gasteiger partial charge in [0, 0.05) is 40.8 Å². The first kappa shape index (κ1) is 29.4. The summed E-state index contributed by atoms with van der Waals surface area (Å²) in [5, 5.41) is 22.6. The van der Waals surface area contributed by atoms with E-state index in [0.717, 1.165) is 52.2 Å². The van der Waals surface area contributed by atoms with E-state index in [1.165, 1.54) is 12.1 Å². The Labute approximate surface area is 253 Å². The average molecular weight is 615 g/mol. The zero-order valence-corrected chi connectivity index (χ0v) is 24.9. The van der Waals surface area contributed by atoms with Gasteiger partial charge in [-0.15, -0.1) is 0 Å². The lowest BCUT2D eigenvalue weighted by Crippen LogP contribution is -2.21. The third kappa shape index (κ3) is 6.44. The lowest BCUT2D eigenvalue weighted by Gasteiger charge is -2.14. The Balaban J connectivity index is 1.34. The van der Waals surface area contributed by atoms with Crippen LogP contribution in [0.25, 0.3) is 55.6 Å². The van der Waals surface area contributed by atoms with Crippen LogP contribution in [0.5, 0.6) is 0 Å². The monoisotopic (exact) mass is 614 g/mol. The summed E-state index contributed by atoms with van der Waals surface area (Å²) in [5.74, 6) is -0.483. The smallest absolute Gasteiger partial charge is 0.209 e. The number of fused-ring (bicyclic) bond motifs is 2. The molecule has 6 aromatic rings. The van der Waals surface area contributed by atoms with Crippen molar-refractivity contribution in [2.45, 2.75) is 39.0 Å². The summed E-state index contributed by atoms with van der Waals surface area (Å²) in [7, 11) is -3.44. The molecule has 0 fully saturated rings. The van der Waals surface area contributed by atoms with Crippen LogP contribution in [0.2, 0.25) is 0 Å². The molecule has 0 amide bonds. The van der Waals surface area contributed by atoms with Gasteiger partial charge in [0.25, 0.3) is 0 Å². The van der Waals surface area contributed by atoms with Crippen molar-refractivity contribution in [3.8, 4) is 33.8 Å². The first-order valence-corrected chi connectivity index (χ1v) is 16.0. The van der Waals surface area contributed by atoms with Gasteiger partial charge in [-0.1, -0.05) is 13.3 Å². The summed E-state index contributed by atoms with van der Waals surface area (Å²) in [6, 6.07) is 10.2. The summed E-state index contributed by atoms with van der Waals surface area (Å²) < 4.78 is 40.1. The van der Waals surface area contributed by atoms with Crippen molar-refractivity contribution in [1.29, 1.82) is 0 Å². The van der Waals surface area contributed by atoms with Gasteiger partial charge in [-0.2, -0.15) is 5.10 Å². The normalized spacial score (nSPS) is 12.6. The van der Waals surface area contributed by atoms with Crippen LogP contribution in [-0.4, -0.2) is 56.1 Å². The molecule has 5 aromatic heterocycles. The SMILES string of the molecule is CCCCC(O)Nc1cncc(-c2cc3c(-c4cc5c(-c6cc(F)cc(CNS(C)(=O)=O)c6)cncc5[nH]4)n[nH]c3cn2)c1. The fourth-order valence-corrected chi connectivity index (χ4v) is 5.56. The van der Waals surface area contributed by atoms with Crippen molar-refractivity contribution >= 4 is 37.5 Å². The maximum atomic E-state index is 14.6. The van der Waals surface area contributed by atoms with E-state index in [1.807, 2.05) is 18.2 Å². The molecule has 13 heteroatoms. The first-order chi connectivity index (χ1) is 21.2. The Hall–Kier alpha value is -4.72. The number of hydrogen-bond acceptors (Lipinski definition) is 8. The number of aromatic nitrogens is 6. The Morgan fingerprint density at radius 1 is 0.955 bits per heavy atom. The van der Waals surface area contributed by atoms with E-state index < -0.39 is 22.1 Å². The summed E-state index contributed by atoms with van der Waals surface area (Å²) in [4.78, 5) is 16.7. The van der Waals surface area contributed by atoms with E-state index >= 15 is 0 Å². The standard InChI is InChI=1S/C31H31FN8O3S/c1-3-4-5-30(41)37-22-9-20(13-33-14-22)26-11-24-29(17-35-26)39-40-31(24)27-10-23-25(15-34-16-28(23)38-27)19-6-18(7-21(32)8-19)12-36-44(2,42)43/h6-11,13-17,30,36-38,41H,3-5,12H2,1-2H3,(H,39,40). The number of unbranched alkanes of at least 4 members (excludes halogenated alkanes) is 1. The largest absolute Gasteiger partial charge is 0.374 e. The Morgan fingerprint density at radius 3 is 2.61 bits per heavy atom. The number of anilines is 1. The molecule has 6 rings (SSSR count). The fourth-order valence-electron chi connectivity index (χ4n) is 5.13. The molecule has 1 aromatic carbocycles. The predicted molar refractivity (Wildman–Crippen MR) is 168 cm³/mol. The van der Waals surface area contributed by atoms with Crippen LogP contribution in [0.1, 0.15) is 31.7 Å². The molecule has 0 spiro atoms. The molecule has 0 saturated heterocycles. The Kier molecular flexibility index (Phi) is 8.08. The molecule has 11 nitrogen and oxygen atoms in total. The Bertz CT molecular complexity index is 2080. The lowest BCUT2D eigenvalue weighted by molar-refractivity contribution is 0.190. The number of aliphatic hydroxyl groups is 1. The number of rotatable bonds is 11. The molecule has 0 aliphatic heterocycles. The van der Waals surface area contributed by atoms with E-state index in [0.29, 0.717) is 40.2 Å². The highest BCUT2D eigenvalue weighted by Crippen LogP contribution is 2.35. The summed E-state index contributed by atoms with van der Waals surface area (Å²) in [6.45, 7) is 2.05. The van der Waals surface area contributed by atoms with Crippen molar-refractivity contribution in [3.05, 3.63) is 78.8 Å². The first-order valence-electron chi connectivity index (χ1n) is 14.1. The second-order valence-corrected chi connectivity index (χ2v) is 12.6. The van der Waals surface area contributed by atoms with E-state index in [1.54, 1.807) is 37.1 Å². The number of benzene rings is 1. The maximum absolute atomic E-state index is 14.6. The number of sulfonamides is 1.